The molecule has 17 nitrogen and oxygen atoms in total. The Balaban J connectivity index is 0.828. The van der Waals surface area contributed by atoms with E-state index in [0.717, 1.165) is 49.2 Å². The van der Waals surface area contributed by atoms with Crippen LogP contribution in [0.1, 0.15) is 56.4 Å². The molecule has 60 heavy (non-hydrogen) atoms. The van der Waals surface area contributed by atoms with Crippen LogP contribution in [-0.4, -0.2) is 115 Å². The summed E-state index contributed by atoms with van der Waals surface area (Å²) < 4.78 is 7.93. The third kappa shape index (κ3) is 7.40. The Hall–Kier alpha value is -6.75. The van der Waals surface area contributed by atoms with E-state index >= 15 is 0 Å². The number of aromatic hydroxyl groups is 1. The SMILES string of the molecule is NC(=O)C1=CN(CN2C(=O)CCC(N3CCOc4c(C5CCC(N6CCN(c7cnn(-c8cc(-c9ccccc9O)nnc8N)c7)C(=O)C6)CC5)cccc43)C2=O)C=CC1. The second-order valence-corrected chi connectivity index (χ2v) is 15.9. The number of aromatic nitrogens is 4. The Labute approximate surface area is 346 Å². The quantitative estimate of drug-likeness (QED) is 0.208. The van der Waals surface area contributed by atoms with E-state index in [2.05, 4.69) is 31.2 Å². The molecule has 17 heteroatoms. The van der Waals surface area contributed by atoms with E-state index in [-0.39, 0.29) is 54.3 Å². The number of phenols is 1. The monoisotopic (exact) mass is 813 g/mol. The Kier molecular flexibility index (Phi) is 10.4. The average molecular weight is 814 g/mol. The first kappa shape index (κ1) is 38.8. The first-order valence-electron chi connectivity index (χ1n) is 20.4. The predicted molar refractivity (Wildman–Crippen MR) is 221 cm³/mol. The minimum absolute atomic E-state index is 0.000982. The average Bonchev–Trinajstić information content (AvgIpc) is 3.75. The number of carbonyl (C=O) groups is 4. The minimum atomic E-state index is -0.530. The molecule has 1 atom stereocenters. The first-order valence-corrected chi connectivity index (χ1v) is 20.4. The molecular formula is C43H47N11O6. The number of likely N-dealkylation sites (tertiary alicyclic amines) is 1. The number of anilines is 3. The maximum Gasteiger partial charge on any atom is 0.253 e. The van der Waals surface area contributed by atoms with Crippen molar-refractivity contribution in [2.75, 3.05) is 55.0 Å². The molecule has 4 aliphatic heterocycles. The number of primary amides is 1. The maximum atomic E-state index is 14.0. The van der Waals surface area contributed by atoms with E-state index in [1.807, 2.05) is 12.1 Å². The Morgan fingerprint density at radius 3 is 2.57 bits per heavy atom. The van der Waals surface area contributed by atoms with Gasteiger partial charge in [0, 0.05) is 49.1 Å². The summed E-state index contributed by atoms with van der Waals surface area (Å²) in [5.41, 5.74) is 16.2. The summed E-state index contributed by atoms with van der Waals surface area (Å²) in [6, 6.07) is 14.5. The van der Waals surface area contributed by atoms with Crippen LogP contribution >= 0.6 is 0 Å². The number of imide groups is 1. The van der Waals surface area contributed by atoms with Gasteiger partial charge in [0.15, 0.2) is 5.82 Å². The molecule has 6 heterocycles. The highest BCUT2D eigenvalue weighted by Crippen LogP contribution is 2.45. The fraction of sp³-hybridized carbons (Fsp3) is 0.372. The number of ether oxygens (including phenoxy) is 1. The molecule has 3 fully saturated rings. The summed E-state index contributed by atoms with van der Waals surface area (Å²) in [5.74, 6) is 0.272. The number of nitrogen functional groups attached to an aromatic ring is 1. The molecule has 0 radical (unpaired) electrons. The number of allylic oxidation sites excluding steroid dienone is 1. The van der Waals surface area contributed by atoms with Crippen molar-refractivity contribution < 1.29 is 29.0 Å². The first-order chi connectivity index (χ1) is 29.1. The summed E-state index contributed by atoms with van der Waals surface area (Å²) in [6.45, 7) is 2.52. The number of hydrogen-bond donors (Lipinski definition) is 3. The topological polar surface area (TPSA) is 210 Å². The third-order valence-corrected chi connectivity index (χ3v) is 12.4. The van der Waals surface area contributed by atoms with Gasteiger partial charge in [-0.1, -0.05) is 30.3 Å². The zero-order valence-corrected chi connectivity index (χ0v) is 33.1. The molecule has 1 aliphatic carbocycles. The van der Waals surface area contributed by atoms with Gasteiger partial charge in [-0.05, 0) is 74.3 Å². The van der Waals surface area contributed by atoms with E-state index < -0.39 is 11.9 Å². The standard InChI is InChI=1S/C43H47N11O6/c44-41-36(21-33(47-48-41)32-6-1-2-9-37(32)55)54-24-30(22-46-54)51-18-17-50(25-39(51)57)29-12-10-27(11-13-29)31-7-3-8-34-40(31)60-20-19-52(34)35-14-15-38(56)53(43(35)59)26-49-16-4-5-28(23-49)42(45)58/h1-4,6-9,16,21-24,27,29,35,55H,5,10-15,17-20,25-26H2,(H2,44,48)(H2,45,58). The Morgan fingerprint density at radius 2 is 1.77 bits per heavy atom. The van der Waals surface area contributed by atoms with Crippen molar-refractivity contribution in [2.24, 2.45) is 5.73 Å². The summed E-state index contributed by atoms with van der Waals surface area (Å²) >= 11 is 0. The lowest BCUT2D eigenvalue weighted by Gasteiger charge is -2.43. The van der Waals surface area contributed by atoms with Gasteiger partial charge in [-0.25, -0.2) is 4.68 Å². The fourth-order valence-corrected chi connectivity index (χ4v) is 9.23. The van der Waals surface area contributed by atoms with Crippen LogP contribution in [0.5, 0.6) is 11.5 Å². The van der Waals surface area contributed by atoms with E-state index in [9.17, 15) is 24.3 Å². The molecule has 1 unspecified atom stereocenters. The largest absolute Gasteiger partial charge is 0.507 e. The number of para-hydroxylation sites is 2. The second kappa shape index (κ2) is 16.1. The van der Waals surface area contributed by atoms with Crippen LogP contribution in [0.25, 0.3) is 16.9 Å². The van der Waals surface area contributed by atoms with E-state index in [1.165, 1.54) is 4.90 Å². The number of benzene rings is 2. The van der Waals surface area contributed by atoms with Crippen molar-refractivity contribution >= 4 is 40.8 Å². The zero-order chi connectivity index (χ0) is 41.5. The highest BCUT2D eigenvalue weighted by molar-refractivity contribution is 6.02. The molecular weight excluding hydrogens is 767 g/mol. The minimum Gasteiger partial charge on any atom is -0.507 e. The Bertz CT molecular complexity index is 2410. The van der Waals surface area contributed by atoms with Gasteiger partial charge in [0.05, 0.1) is 42.6 Å². The van der Waals surface area contributed by atoms with Crippen molar-refractivity contribution in [3.63, 3.8) is 0 Å². The van der Waals surface area contributed by atoms with Crippen molar-refractivity contribution in [3.05, 3.63) is 90.5 Å². The number of hydrogen-bond acceptors (Lipinski definition) is 13. The van der Waals surface area contributed by atoms with Crippen LogP contribution in [-0.2, 0) is 19.2 Å². The highest BCUT2D eigenvalue weighted by atomic mass is 16.5. The predicted octanol–water partition coefficient (Wildman–Crippen LogP) is 3.25. The summed E-state index contributed by atoms with van der Waals surface area (Å²) in [5, 5.41) is 23.1. The summed E-state index contributed by atoms with van der Waals surface area (Å²) in [6.07, 6.45) is 13.4. The van der Waals surface area contributed by atoms with Crippen molar-refractivity contribution in [1.29, 1.82) is 0 Å². The van der Waals surface area contributed by atoms with Crippen molar-refractivity contribution in [3.8, 4) is 28.4 Å². The molecule has 9 rings (SSSR count). The smallest absolute Gasteiger partial charge is 0.253 e. The number of carbonyl (C=O) groups excluding carboxylic acids is 4. The second-order valence-electron chi connectivity index (χ2n) is 15.9. The van der Waals surface area contributed by atoms with E-state index in [1.54, 1.807) is 75.7 Å². The summed E-state index contributed by atoms with van der Waals surface area (Å²) in [4.78, 5) is 61.5. The molecule has 1 saturated carbocycles. The van der Waals surface area contributed by atoms with Crippen LogP contribution in [0.4, 0.5) is 17.2 Å². The lowest BCUT2D eigenvalue weighted by Crippen LogP contribution is -2.57. The van der Waals surface area contributed by atoms with Crippen LogP contribution in [0.3, 0.4) is 0 Å². The number of nitrogens with two attached hydrogens (primary N) is 2. The van der Waals surface area contributed by atoms with Gasteiger partial charge in [0.2, 0.25) is 17.7 Å². The Morgan fingerprint density at radius 1 is 0.933 bits per heavy atom. The molecule has 4 amide bonds. The van der Waals surface area contributed by atoms with Gasteiger partial charge in [0.1, 0.15) is 36.5 Å². The summed E-state index contributed by atoms with van der Waals surface area (Å²) in [7, 11) is 0. The van der Waals surface area contributed by atoms with Crippen molar-refractivity contribution in [1.82, 2.24) is 34.7 Å². The maximum absolute atomic E-state index is 14.0. The fourth-order valence-electron chi connectivity index (χ4n) is 9.23. The highest BCUT2D eigenvalue weighted by Gasteiger charge is 2.41. The molecule has 4 aromatic rings. The van der Waals surface area contributed by atoms with Crippen LogP contribution in [0, 0.1) is 0 Å². The molecule has 5 N–H and O–H groups in total. The lowest BCUT2D eigenvalue weighted by atomic mass is 9.80. The van der Waals surface area contributed by atoms with Crippen LogP contribution in [0.15, 0.2) is 85.0 Å². The molecule has 2 saturated heterocycles. The number of amides is 4. The number of rotatable bonds is 9. The number of piperazine rings is 1. The molecule has 0 bridgehead atoms. The zero-order valence-electron chi connectivity index (χ0n) is 33.1. The van der Waals surface area contributed by atoms with Crippen molar-refractivity contribution in [2.45, 2.75) is 62.9 Å². The number of piperidine rings is 1. The van der Waals surface area contributed by atoms with E-state index in [4.69, 9.17) is 16.2 Å². The molecule has 2 aromatic carbocycles. The van der Waals surface area contributed by atoms with Crippen LogP contribution in [0.2, 0.25) is 0 Å². The van der Waals surface area contributed by atoms with Gasteiger partial charge >= 0.3 is 0 Å². The third-order valence-electron chi connectivity index (χ3n) is 12.4. The number of fused-ring (bicyclic) bond motifs is 1. The molecule has 0 spiro atoms. The van der Waals surface area contributed by atoms with Gasteiger partial charge in [-0.15, -0.1) is 10.2 Å². The molecule has 310 valence electrons. The molecule has 5 aliphatic rings. The number of phenolic OH excluding ortho intramolecular Hbond substituents is 1. The lowest BCUT2D eigenvalue weighted by molar-refractivity contribution is -0.150. The number of nitrogens with zero attached hydrogens (tertiary/aromatic N) is 9. The van der Waals surface area contributed by atoms with Crippen LogP contribution < -0.4 is 26.0 Å². The van der Waals surface area contributed by atoms with E-state index in [0.29, 0.717) is 67.3 Å². The van der Waals surface area contributed by atoms with Gasteiger partial charge < -0.3 is 36.0 Å². The normalized spacial score (nSPS) is 22.4. The van der Waals surface area contributed by atoms with Gasteiger partial charge in [-0.2, -0.15) is 5.10 Å². The van der Waals surface area contributed by atoms with Gasteiger partial charge in [-0.3, -0.25) is 29.0 Å². The van der Waals surface area contributed by atoms with Gasteiger partial charge in [0.25, 0.3) is 5.91 Å². The molecule has 2 aromatic heterocycles.